The van der Waals surface area contributed by atoms with Crippen LogP contribution in [0.2, 0.25) is 0 Å². The third-order valence-electron chi connectivity index (χ3n) is 5.82. The number of halogens is 1. The first-order valence-electron chi connectivity index (χ1n) is 11.3. The molecule has 0 saturated carbocycles. The molecular formula is C27H24FN3O3S. The molecule has 0 atom stereocenters. The summed E-state index contributed by atoms with van der Waals surface area (Å²) < 4.78 is 24.8. The van der Waals surface area contributed by atoms with Gasteiger partial charge < -0.3 is 24.7 Å². The molecular weight excluding hydrogens is 465 g/mol. The third-order valence-corrected chi connectivity index (χ3v) is 6.18. The Morgan fingerprint density at radius 2 is 1.69 bits per heavy atom. The molecule has 1 aromatic heterocycles. The second kappa shape index (κ2) is 9.76. The number of anilines is 1. The molecule has 2 N–H and O–H groups in total. The molecule has 4 aromatic rings. The highest BCUT2D eigenvalue weighted by atomic mass is 32.1. The van der Waals surface area contributed by atoms with Crippen molar-refractivity contribution in [2.24, 2.45) is 0 Å². The molecule has 6 nitrogen and oxygen atoms in total. The number of ether oxygens (including phenoxy) is 2. The van der Waals surface area contributed by atoms with Gasteiger partial charge in [0.25, 0.3) is 5.56 Å². The number of nitrogens with zero attached hydrogens (tertiary/aromatic N) is 1. The minimum absolute atomic E-state index is 0.212. The molecule has 0 spiro atoms. The third kappa shape index (κ3) is 5.27. The fourth-order valence-electron chi connectivity index (χ4n) is 3.96. The molecule has 35 heavy (non-hydrogen) atoms. The Bertz CT molecular complexity index is 1440. The zero-order chi connectivity index (χ0) is 24.4. The molecule has 0 unspecified atom stereocenters. The van der Waals surface area contributed by atoms with E-state index in [1.807, 2.05) is 48.2 Å². The summed E-state index contributed by atoms with van der Waals surface area (Å²) >= 11 is 5.73. The highest BCUT2D eigenvalue weighted by Crippen LogP contribution is 2.33. The first-order valence-corrected chi connectivity index (χ1v) is 11.7. The lowest BCUT2D eigenvalue weighted by Gasteiger charge is -2.26. The lowest BCUT2D eigenvalue weighted by molar-refractivity contribution is 0.172. The van der Waals surface area contributed by atoms with Gasteiger partial charge in [0, 0.05) is 29.2 Å². The number of hydrogen-bond donors (Lipinski definition) is 2. The van der Waals surface area contributed by atoms with E-state index < -0.39 is 0 Å². The average Bonchev–Trinajstić information content (AvgIpc) is 2.85. The van der Waals surface area contributed by atoms with Gasteiger partial charge in [-0.15, -0.1) is 0 Å². The number of hydrogen-bond acceptors (Lipinski definition) is 4. The maximum atomic E-state index is 13.5. The molecule has 0 bridgehead atoms. The number of benzene rings is 3. The van der Waals surface area contributed by atoms with E-state index in [1.54, 1.807) is 18.2 Å². The van der Waals surface area contributed by atoms with Crippen molar-refractivity contribution in [1.29, 1.82) is 0 Å². The summed E-state index contributed by atoms with van der Waals surface area (Å²) in [6.45, 7) is 3.64. The van der Waals surface area contributed by atoms with Crippen LogP contribution >= 0.6 is 12.2 Å². The van der Waals surface area contributed by atoms with Crippen molar-refractivity contribution in [3.05, 3.63) is 99.6 Å². The van der Waals surface area contributed by atoms with E-state index in [9.17, 15) is 9.18 Å². The molecule has 8 heteroatoms. The second-order valence-corrected chi connectivity index (χ2v) is 8.87. The van der Waals surface area contributed by atoms with E-state index in [1.165, 1.54) is 12.1 Å². The fraction of sp³-hybridized carbons (Fsp3) is 0.185. The van der Waals surface area contributed by atoms with Crippen LogP contribution in [0.1, 0.15) is 16.7 Å². The number of aryl methyl sites for hydroxylation is 1. The first kappa shape index (κ1) is 22.9. The van der Waals surface area contributed by atoms with E-state index in [4.69, 9.17) is 21.7 Å². The van der Waals surface area contributed by atoms with Crippen molar-refractivity contribution in [3.8, 4) is 11.5 Å². The number of pyridine rings is 1. The Balaban J connectivity index is 1.46. The van der Waals surface area contributed by atoms with Crippen molar-refractivity contribution in [2.45, 2.75) is 20.0 Å². The summed E-state index contributed by atoms with van der Waals surface area (Å²) in [4.78, 5) is 17.8. The highest BCUT2D eigenvalue weighted by molar-refractivity contribution is 7.80. The van der Waals surface area contributed by atoms with E-state index >= 15 is 0 Å². The van der Waals surface area contributed by atoms with Crippen LogP contribution in [0.5, 0.6) is 11.5 Å². The number of aromatic nitrogens is 1. The average molecular weight is 490 g/mol. The summed E-state index contributed by atoms with van der Waals surface area (Å²) in [6.07, 6.45) is 0. The Hall–Kier alpha value is -3.91. The van der Waals surface area contributed by atoms with Gasteiger partial charge in [-0.1, -0.05) is 29.8 Å². The normalized spacial score (nSPS) is 12.4. The van der Waals surface area contributed by atoms with Crippen LogP contribution in [0, 0.1) is 12.7 Å². The minimum Gasteiger partial charge on any atom is -0.486 e. The van der Waals surface area contributed by atoms with E-state index in [2.05, 4.69) is 10.3 Å². The van der Waals surface area contributed by atoms with Crippen LogP contribution < -0.4 is 20.3 Å². The van der Waals surface area contributed by atoms with Gasteiger partial charge in [0.1, 0.15) is 19.0 Å². The van der Waals surface area contributed by atoms with Crippen LogP contribution in [-0.4, -0.2) is 28.2 Å². The zero-order valence-corrected chi connectivity index (χ0v) is 20.0. The van der Waals surface area contributed by atoms with Gasteiger partial charge in [-0.25, -0.2) is 4.39 Å². The SMILES string of the molecule is Cc1ccc(NC(=S)N(Cc2ccc(F)cc2)Cc2cc3cc4c(cc3[nH]c2=O)OCCO4)cc1. The maximum absolute atomic E-state index is 13.5. The van der Waals surface area contributed by atoms with Crippen LogP contribution in [0.15, 0.2) is 71.5 Å². The molecule has 0 saturated heterocycles. The predicted molar refractivity (Wildman–Crippen MR) is 139 cm³/mol. The van der Waals surface area contributed by atoms with Crippen molar-refractivity contribution in [1.82, 2.24) is 9.88 Å². The predicted octanol–water partition coefficient (Wildman–Crippen LogP) is 5.15. The fourth-order valence-corrected chi connectivity index (χ4v) is 4.21. The van der Waals surface area contributed by atoms with E-state index in [-0.39, 0.29) is 17.9 Å². The highest BCUT2D eigenvalue weighted by Gasteiger charge is 2.17. The Morgan fingerprint density at radius 1 is 1.00 bits per heavy atom. The van der Waals surface area contributed by atoms with Gasteiger partial charge in [-0.05, 0) is 61.1 Å². The molecule has 0 aliphatic carbocycles. The smallest absolute Gasteiger partial charge is 0.253 e. The van der Waals surface area contributed by atoms with Crippen LogP contribution in [-0.2, 0) is 13.1 Å². The Morgan fingerprint density at radius 3 is 2.40 bits per heavy atom. The largest absolute Gasteiger partial charge is 0.486 e. The Labute approximate surface area is 207 Å². The molecule has 0 amide bonds. The number of rotatable bonds is 5. The summed E-state index contributed by atoms with van der Waals surface area (Å²) in [5.74, 6) is 0.969. The minimum atomic E-state index is -0.304. The second-order valence-electron chi connectivity index (χ2n) is 8.49. The summed E-state index contributed by atoms with van der Waals surface area (Å²) in [7, 11) is 0. The van der Waals surface area contributed by atoms with Gasteiger partial charge in [0.15, 0.2) is 16.6 Å². The van der Waals surface area contributed by atoms with Crippen molar-refractivity contribution in [3.63, 3.8) is 0 Å². The van der Waals surface area contributed by atoms with Crippen LogP contribution in [0.3, 0.4) is 0 Å². The van der Waals surface area contributed by atoms with E-state index in [0.29, 0.717) is 47.5 Å². The first-order chi connectivity index (χ1) is 16.9. The number of fused-ring (bicyclic) bond motifs is 2. The molecule has 1 aliphatic heterocycles. The summed E-state index contributed by atoms with van der Waals surface area (Å²) in [5, 5.41) is 4.55. The lowest BCUT2D eigenvalue weighted by Crippen LogP contribution is -2.35. The molecule has 5 rings (SSSR count). The van der Waals surface area contributed by atoms with Crippen LogP contribution in [0.25, 0.3) is 10.9 Å². The Kier molecular flexibility index (Phi) is 6.37. The number of aromatic amines is 1. The molecule has 0 radical (unpaired) electrons. The van der Waals surface area contributed by atoms with Crippen molar-refractivity contribution >= 4 is 33.9 Å². The van der Waals surface area contributed by atoms with Crippen molar-refractivity contribution < 1.29 is 13.9 Å². The van der Waals surface area contributed by atoms with Crippen LogP contribution in [0.4, 0.5) is 10.1 Å². The molecule has 178 valence electrons. The number of thiocarbonyl (C=S) groups is 1. The number of nitrogens with one attached hydrogen (secondary N) is 2. The standard InChI is InChI=1S/C27H24FN3O3S/c1-17-2-8-22(9-3-17)29-27(35)31(15-18-4-6-21(28)7-5-18)16-20-12-19-13-24-25(34-11-10-33-24)14-23(19)30-26(20)32/h2-9,12-14H,10-11,15-16H2,1H3,(H,29,35)(H,30,32). The quantitative estimate of drug-likeness (QED) is 0.378. The maximum Gasteiger partial charge on any atom is 0.253 e. The van der Waals surface area contributed by atoms with E-state index in [0.717, 1.165) is 22.2 Å². The van der Waals surface area contributed by atoms with Crippen molar-refractivity contribution in [2.75, 3.05) is 18.5 Å². The number of H-pyrrole nitrogens is 1. The molecule has 0 fully saturated rings. The van der Waals surface area contributed by atoms with Gasteiger partial charge in [-0.3, -0.25) is 4.79 Å². The molecule has 2 heterocycles. The topological polar surface area (TPSA) is 66.6 Å². The molecule has 3 aromatic carbocycles. The van der Waals surface area contributed by atoms with Gasteiger partial charge in [0.05, 0.1) is 12.1 Å². The van der Waals surface area contributed by atoms with Gasteiger partial charge in [0.2, 0.25) is 0 Å². The van der Waals surface area contributed by atoms with Gasteiger partial charge >= 0.3 is 0 Å². The van der Waals surface area contributed by atoms with Gasteiger partial charge in [-0.2, -0.15) is 0 Å². The monoisotopic (exact) mass is 489 g/mol. The molecule has 1 aliphatic rings. The summed E-state index contributed by atoms with van der Waals surface area (Å²) in [5.41, 5.74) is 3.87. The zero-order valence-electron chi connectivity index (χ0n) is 19.1. The summed E-state index contributed by atoms with van der Waals surface area (Å²) in [6, 6.07) is 19.7. The lowest BCUT2D eigenvalue weighted by atomic mass is 10.1.